The van der Waals surface area contributed by atoms with Crippen molar-refractivity contribution < 1.29 is 4.74 Å². The van der Waals surface area contributed by atoms with Crippen LogP contribution >= 0.6 is 11.3 Å². The molecule has 5 heteroatoms. The van der Waals surface area contributed by atoms with Crippen LogP contribution in [0.1, 0.15) is 0 Å². The van der Waals surface area contributed by atoms with Crippen molar-refractivity contribution in [1.29, 1.82) is 0 Å². The van der Waals surface area contributed by atoms with Gasteiger partial charge in [-0.15, -0.1) is 11.3 Å². The minimum Gasteiger partial charge on any atom is -0.497 e. The Morgan fingerprint density at radius 3 is 2.91 bits per heavy atom. The molecule has 2 aromatic carbocycles. The third-order valence-corrected chi connectivity index (χ3v) is 4.39. The van der Waals surface area contributed by atoms with Crippen molar-refractivity contribution in [2.24, 2.45) is 0 Å². The van der Waals surface area contributed by atoms with Crippen molar-refractivity contribution >= 4 is 22.2 Å². The van der Waals surface area contributed by atoms with E-state index in [1.165, 1.54) is 0 Å². The summed E-state index contributed by atoms with van der Waals surface area (Å²) in [4.78, 5) is 4.73. The van der Waals surface area contributed by atoms with E-state index < -0.39 is 0 Å². The van der Waals surface area contributed by atoms with Gasteiger partial charge >= 0.3 is 0 Å². The van der Waals surface area contributed by atoms with Crippen LogP contribution in [-0.2, 0) is 0 Å². The lowest BCUT2D eigenvalue weighted by Gasteiger charge is -2.01. The largest absolute Gasteiger partial charge is 0.497 e. The number of H-pyrrole nitrogens is 1. The molecule has 0 amide bonds. The lowest BCUT2D eigenvalue weighted by molar-refractivity contribution is 0.415. The highest BCUT2D eigenvalue weighted by molar-refractivity contribution is 7.13. The molecule has 1 N–H and O–H groups in total. The molecule has 0 fully saturated rings. The molecule has 0 saturated heterocycles. The summed E-state index contributed by atoms with van der Waals surface area (Å²) in [7, 11) is 1.67. The van der Waals surface area contributed by atoms with E-state index in [9.17, 15) is 0 Å². The van der Waals surface area contributed by atoms with Gasteiger partial charge in [-0.25, -0.2) is 4.98 Å². The van der Waals surface area contributed by atoms with Crippen molar-refractivity contribution in [3.05, 3.63) is 53.9 Å². The third kappa shape index (κ3) is 2.16. The Balaban J connectivity index is 1.78. The Kier molecular flexibility index (Phi) is 3.12. The summed E-state index contributed by atoms with van der Waals surface area (Å²) in [5, 5.41) is 11.5. The maximum atomic E-state index is 5.27. The first-order valence-electron chi connectivity index (χ1n) is 6.88. The molecule has 0 atom stereocenters. The van der Waals surface area contributed by atoms with Crippen LogP contribution in [0.5, 0.6) is 5.75 Å². The fraction of sp³-hybridized carbons (Fsp3) is 0.0588. The fourth-order valence-corrected chi connectivity index (χ4v) is 3.25. The monoisotopic (exact) mass is 307 g/mol. The highest BCUT2D eigenvalue weighted by Gasteiger charge is 2.12. The summed E-state index contributed by atoms with van der Waals surface area (Å²) in [5.41, 5.74) is 3.90. The number of ether oxygens (including phenoxy) is 1. The molecular formula is C17H13N3OS. The van der Waals surface area contributed by atoms with Crippen LogP contribution in [-0.4, -0.2) is 22.3 Å². The smallest absolute Gasteiger partial charge is 0.145 e. The Labute approximate surface area is 131 Å². The number of aromatic nitrogens is 3. The molecule has 0 bridgehead atoms. The minimum atomic E-state index is 0.831. The van der Waals surface area contributed by atoms with Gasteiger partial charge in [-0.2, -0.15) is 5.10 Å². The molecule has 2 heterocycles. The average molecular weight is 307 g/mol. The number of methoxy groups -OCH3 is 1. The molecule has 22 heavy (non-hydrogen) atoms. The number of nitrogens with one attached hydrogen (secondary N) is 1. The standard InChI is InChI=1S/C17H13N3OS/c1-21-12-6-4-5-11(9-12)15-10-22-17(18-15)16-13-7-2-3-8-14(13)19-20-16/h2-10H,1H3,(H,19,20). The quantitative estimate of drug-likeness (QED) is 0.611. The molecule has 0 aliphatic heterocycles. The van der Waals surface area contributed by atoms with Gasteiger partial charge in [0.05, 0.1) is 18.3 Å². The number of hydrogen-bond donors (Lipinski definition) is 1. The van der Waals surface area contributed by atoms with Crippen LogP contribution in [0.15, 0.2) is 53.9 Å². The maximum absolute atomic E-state index is 5.27. The second-order valence-corrected chi connectivity index (χ2v) is 5.75. The minimum absolute atomic E-state index is 0.831. The number of hydrogen-bond acceptors (Lipinski definition) is 4. The van der Waals surface area contributed by atoms with Gasteiger partial charge in [0, 0.05) is 16.3 Å². The predicted octanol–water partition coefficient (Wildman–Crippen LogP) is 4.36. The number of rotatable bonds is 3. The molecule has 4 rings (SSSR count). The number of nitrogens with zero attached hydrogens (tertiary/aromatic N) is 2. The Bertz CT molecular complexity index is 942. The Morgan fingerprint density at radius 2 is 2.00 bits per heavy atom. The second-order valence-electron chi connectivity index (χ2n) is 4.89. The topological polar surface area (TPSA) is 50.8 Å². The van der Waals surface area contributed by atoms with Crippen molar-refractivity contribution in [2.75, 3.05) is 7.11 Å². The zero-order valence-corrected chi connectivity index (χ0v) is 12.7. The summed E-state index contributed by atoms with van der Waals surface area (Å²) in [6, 6.07) is 16.0. The number of para-hydroxylation sites is 1. The second kappa shape index (κ2) is 5.27. The molecule has 0 spiro atoms. The van der Waals surface area contributed by atoms with E-state index in [0.717, 1.165) is 38.6 Å². The van der Waals surface area contributed by atoms with Gasteiger partial charge in [0.1, 0.15) is 16.5 Å². The molecule has 4 aromatic rings. The van der Waals surface area contributed by atoms with Gasteiger partial charge < -0.3 is 4.74 Å². The van der Waals surface area contributed by atoms with Crippen LogP contribution in [0, 0.1) is 0 Å². The Hall–Kier alpha value is -2.66. The summed E-state index contributed by atoms with van der Waals surface area (Å²) in [5.74, 6) is 0.831. The van der Waals surface area contributed by atoms with Gasteiger partial charge in [0.2, 0.25) is 0 Å². The number of aromatic amines is 1. The van der Waals surface area contributed by atoms with Gasteiger partial charge in [-0.1, -0.05) is 30.3 Å². The Morgan fingerprint density at radius 1 is 1.09 bits per heavy atom. The van der Waals surface area contributed by atoms with Crippen LogP contribution < -0.4 is 4.74 Å². The van der Waals surface area contributed by atoms with Gasteiger partial charge in [0.25, 0.3) is 0 Å². The zero-order valence-electron chi connectivity index (χ0n) is 11.9. The first-order valence-corrected chi connectivity index (χ1v) is 7.76. The van der Waals surface area contributed by atoms with E-state index in [-0.39, 0.29) is 0 Å². The number of benzene rings is 2. The molecule has 4 nitrogen and oxygen atoms in total. The first-order chi connectivity index (χ1) is 10.8. The maximum Gasteiger partial charge on any atom is 0.145 e. The lowest BCUT2D eigenvalue weighted by atomic mass is 10.1. The van der Waals surface area contributed by atoms with Crippen LogP contribution in [0.25, 0.3) is 32.9 Å². The third-order valence-electron chi connectivity index (χ3n) is 3.54. The van der Waals surface area contributed by atoms with Crippen LogP contribution in [0.2, 0.25) is 0 Å². The summed E-state index contributed by atoms with van der Waals surface area (Å²) in [6.45, 7) is 0. The van der Waals surface area contributed by atoms with E-state index in [1.807, 2.05) is 47.8 Å². The molecule has 0 radical (unpaired) electrons. The average Bonchev–Trinajstić information content (AvgIpc) is 3.21. The van der Waals surface area contributed by atoms with Crippen LogP contribution in [0.3, 0.4) is 0 Å². The molecule has 0 unspecified atom stereocenters. The van der Waals surface area contributed by atoms with Crippen molar-refractivity contribution in [1.82, 2.24) is 15.2 Å². The first kappa shape index (κ1) is 13.0. The highest BCUT2D eigenvalue weighted by atomic mass is 32.1. The van der Waals surface area contributed by atoms with E-state index >= 15 is 0 Å². The molecule has 2 aromatic heterocycles. The van der Waals surface area contributed by atoms with E-state index in [2.05, 4.69) is 16.3 Å². The number of thiazole rings is 1. The van der Waals surface area contributed by atoms with Gasteiger partial charge in [-0.05, 0) is 18.2 Å². The van der Waals surface area contributed by atoms with Crippen molar-refractivity contribution in [3.63, 3.8) is 0 Å². The lowest BCUT2D eigenvalue weighted by Crippen LogP contribution is -1.84. The summed E-state index contributed by atoms with van der Waals surface area (Å²) >= 11 is 1.60. The molecule has 0 saturated carbocycles. The molecule has 0 aliphatic rings. The predicted molar refractivity (Wildman–Crippen MR) is 89.2 cm³/mol. The SMILES string of the molecule is COc1cccc(-c2csc(-c3n[nH]c4ccccc34)n2)c1. The van der Waals surface area contributed by atoms with Crippen molar-refractivity contribution in [3.8, 4) is 27.7 Å². The molecule has 0 aliphatic carbocycles. The zero-order chi connectivity index (χ0) is 14.9. The van der Waals surface area contributed by atoms with Crippen molar-refractivity contribution in [2.45, 2.75) is 0 Å². The molecular weight excluding hydrogens is 294 g/mol. The van der Waals surface area contributed by atoms with Crippen LogP contribution in [0.4, 0.5) is 0 Å². The fourth-order valence-electron chi connectivity index (χ4n) is 2.42. The normalized spacial score (nSPS) is 11.0. The van der Waals surface area contributed by atoms with Gasteiger partial charge in [-0.3, -0.25) is 5.10 Å². The number of fused-ring (bicyclic) bond motifs is 1. The molecule has 108 valence electrons. The van der Waals surface area contributed by atoms with Gasteiger partial charge in [0.15, 0.2) is 0 Å². The van der Waals surface area contributed by atoms with E-state index in [1.54, 1.807) is 18.4 Å². The summed E-state index contributed by atoms with van der Waals surface area (Å²) in [6.07, 6.45) is 0. The van der Waals surface area contributed by atoms with E-state index in [4.69, 9.17) is 9.72 Å². The summed E-state index contributed by atoms with van der Waals surface area (Å²) < 4.78 is 5.27. The van der Waals surface area contributed by atoms with E-state index in [0.29, 0.717) is 0 Å². The highest BCUT2D eigenvalue weighted by Crippen LogP contribution is 2.32.